The molecule has 2 rings (SSSR count). The largest absolute Gasteiger partial charge is 0.383 e. The van der Waals surface area contributed by atoms with Gasteiger partial charge in [-0.25, -0.2) is 0 Å². The van der Waals surface area contributed by atoms with E-state index in [1.165, 1.54) is 4.90 Å². The zero-order chi connectivity index (χ0) is 15.2. The second-order valence-corrected chi connectivity index (χ2v) is 5.10. The van der Waals surface area contributed by atoms with Crippen LogP contribution in [0.4, 0.5) is 5.69 Å². The molecule has 2 N–H and O–H groups in total. The highest BCUT2D eigenvalue weighted by molar-refractivity contribution is 5.90. The van der Waals surface area contributed by atoms with E-state index in [9.17, 15) is 9.59 Å². The van der Waals surface area contributed by atoms with Crippen LogP contribution < -0.4 is 10.6 Å². The van der Waals surface area contributed by atoms with E-state index in [1.807, 2.05) is 24.3 Å². The number of ether oxygens (including phenoxy) is 1. The molecule has 1 atom stereocenters. The van der Waals surface area contributed by atoms with Crippen molar-refractivity contribution in [2.75, 3.05) is 39.2 Å². The first-order valence-electron chi connectivity index (χ1n) is 6.97. The molecular formula is C15H21N3O3. The van der Waals surface area contributed by atoms with Gasteiger partial charge in [-0.05, 0) is 11.6 Å². The summed E-state index contributed by atoms with van der Waals surface area (Å²) in [5.41, 5.74) is 2.13. The van der Waals surface area contributed by atoms with E-state index in [4.69, 9.17) is 4.74 Å². The number of benzene rings is 1. The van der Waals surface area contributed by atoms with Crippen molar-refractivity contribution in [3.8, 4) is 0 Å². The Morgan fingerprint density at radius 3 is 2.90 bits per heavy atom. The Hall–Kier alpha value is -2.08. The summed E-state index contributed by atoms with van der Waals surface area (Å²) in [7, 11) is 3.22. The van der Waals surface area contributed by atoms with Crippen molar-refractivity contribution in [2.45, 2.75) is 12.5 Å². The summed E-state index contributed by atoms with van der Waals surface area (Å²) in [6, 6.07) is 7.57. The van der Waals surface area contributed by atoms with Gasteiger partial charge < -0.3 is 20.3 Å². The van der Waals surface area contributed by atoms with Gasteiger partial charge in [-0.3, -0.25) is 9.59 Å². The van der Waals surface area contributed by atoms with Crippen molar-refractivity contribution in [2.24, 2.45) is 0 Å². The first-order valence-corrected chi connectivity index (χ1v) is 6.97. The zero-order valence-electron chi connectivity index (χ0n) is 12.4. The number of carbonyl (C=O) groups is 2. The molecular weight excluding hydrogens is 270 g/mol. The number of carbonyl (C=O) groups excluding carboxylic acids is 2. The van der Waals surface area contributed by atoms with Gasteiger partial charge in [0.05, 0.1) is 13.2 Å². The van der Waals surface area contributed by atoms with Crippen LogP contribution in [0.2, 0.25) is 0 Å². The highest BCUT2D eigenvalue weighted by Gasteiger charge is 2.29. The van der Waals surface area contributed by atoms with Crippen molar-refractivity contribution in [3.05, 3.63) is 29.8 Å². The van der Waals surface area contributed by atoms with Crippen molar-refractivity contribution in [1.82, 2.24) is 10.2 Å². The van der Waals surface area contributed by atoms with Gasteiger partial charge in [0.2, 0.25) is 11.8 Å². The van der Waals surface area contributed by atoms with E-state index >= 15 is 0 Å². The fourth-order valence-corrected chi connectivity index (χ4v) is 2.35. The summed E-state index contributed by atoms with van der Waals surface area (Å²) >= 11 is 0. The summed E-state index contributed by atoms with van der Waals surface area (Å²) in [4.78, 5) is 25.5. The van der Waals surface area contributed by atoms with Crippen molar-refractivity contribution in [1.29, 1.82) is 0 Å². The van der Waals surface area contributed by atoms with Crippen LogP contribution in [0.25, 0.3) is 0 Å². The first kappa shape index (κ1) is 15.3. The molecule has 0 aliphatic carbocycles. The van der Waals surface area contributed by atoms with E-state index in [0.717, 1.165) is 11.3 Å². The lowest BCUT2D eigenvalue weighted by Crippen LogP contribution is -2.45. The maximum absolute atomic E-state index is 12.3. The highest BCUT2D eigenvalue weighted by atomic mass is 16.5. The third kappa shape index (κ3) is 3.95. The maximum Gasteiger partial charge on any atom is 0.245 e. The number of hydrogen-bond acceptors (Lipinski definition) is 4. The predicted molar refractivity (Wildman–Crippen MR) is 80.1 cm³/mol. The molecule has 6 nitrogen and oxygen atoms in total. The minimum absolute atomic E-state index is 0.0527. The molecule has 6 heteroatoms. The summed E-state index contributed by atoms with van der Waals surface area (Å²) in [5.74, 6) is -0.258. The SMILES string of the molecule is COCCNC(=O)CN(C)C(=O)C1Cc2ccccc2N1. The third-order valence-electron chi connectivity index (χ3n) is 3.45. The molecule has 21 heavy (non-hydrogen) atoms. The molecule has 1 aliphatic heterocycles. The Labute approximate surface area is 124 Å². The van der Waals surface area contributed by atoms with Crippen molar-refractivity contribution >= 4 is 17.5 Å². The van der Waals surface area contributed by atoms with Crippen LogP contribution in [-0.2, 0) is 20.7 Å². The standard InChI is InChI=1S/C15H21N3O3/c1-18(10-14(19)16-7-8-21-2)15(20)13-9-11-5-3-4-6-12(11)17-13/h3-6,13,17H,7-10H2,1-2H3,(H,16,19). The number of para-hydroxylation sites is 1. The van der Waals surface area contributed by atoms with Crippen LogP contribution in [0.15, 0.2) is 24.3 Å². The molecule has 1 aromatic carbocycles. The number of nitrogens with zero attached hydrogens (tertiary/aromatic N) is 1. The minimum Gasteiger partial charge on any atom is -0.383 e. The molecule has 0 bridgehead atoms. The second kappa shape index (κ2) is 7.08. The van der Waals surface area contributed by atoms with Gasteiger partial charge in [0.15, 0.2) is 0 Å². The lowest BCUT2D eigenvalue weighted by Gasteiger charge is -2.21. The van der Waals surface area contributed by atoms with Gasteiger partial charge in [0, 0.05) is 32.8 Å². The fourth-order valence-electron chi connectivity index (χ4n) is 2.35. The van der Waals surface area contributed by atoms with Gasteiger partial charge in [-0.15, -0.1) is 0 Å². The molecule has 0 saturated heterocycles. The van der Waals surface area contributed by atoms with Crippen LogP contribution >= 0.6 is 0 Å². The molecule has 1 aromatic rings. The van der Waals surface area contributed by atoms with Crippen LogP contribution in [0, 0.1) is 0 Å². The van der Waals surface area contributed by atoms with E-state index in [-0.39, 0.29) is 24.4 Å². The molecule has 0 fully saturated rings. The summed E-state index contributed by atoms with van der Waals surface area (Å²) in [6.07, 6.45) is 0.657. The van der Waals surface area contributed by atoms with Crippen LogP contribution in [-0.4, -0.2) is 56.6 Å². The quantitative estimate of drug-likeness (QED) is 0.737. The lowest BCUT2D eigenvalue weighted by atomic mass is 10.1. The predicted octanol–water partition coefficient (Wildman–Crippen LogP) is 0.244. The summed E-state index contributed by atoms with van der Waals surface area (Å²) in [6.45, 7) is 0.963. The van der Waals surface area contributed by atoms with Crippen LogP contribution in [0.3, 0.4) is 0 Å². The monoisotopic (exact) mass is 291 g/mol. The van der Waals surface area contributed by atoms with Gasteiger partial charge >= 0.3 is 0 Å². The Bertz CT molecular complexity index is 494. The van der Waals surface area contributed by atoms with E-state index in [0.29, 0.717) is 19.6 Å². The molecule has 0 aromatic heterocycles. The number of rotatable bonds is 6. The summed E-state index contributed by atoms with van der Waals surface area (Å²) < 4.78 is 4.86. The van der Waals surface area contributed by atoms with E-state index < -0.39 is 0 Å². The number of likely N-dealkylation sites (N-methyl/N-ethyl adjacent to an activating group) is 1. The molecule has 0 saturated carbocycles. The average molecular weight is 291 g/mol. The Balaban J connectivity index is 1.82. The normalized spacial score (nSPS) is 16.0. The fraction of sp³-hybridized carbons (Fsp3) is 0.467. The number of anilines is 1. The molecule has 1 aliphatic rings. The summed E-state index contributed by atoms with van der Waals surface area (Å²) in [5, 5.41) is 5.90. The Morgan fingerprint density at radius 2 is 2.19 bits per heavy atom. The number of methoxy groups -OCH3 is 1. The minimum atomic E-state index is -0.292. The number of fused-ring (bicyclic) bond motifs is 1. The molecule has 114 valence electrons. The van der Waals surface area contributed by atoms with Gasteiger partial charge in [-0.2, -0.15) is 0 Å². The van der Waals surface area contributed by atoms with Crippen LogP contribution in [0.5, 0.6) is 0 Å². The average Bonchev–Trinajstić information content (AvgIpc) is 2.90. The lowest BCUT2D eigenvalue weighted by molar-refractivity contribution is -0.135. The van der Waals surface area contributed by atoms with Crippen molar-refractivity contribution < 1.29 is 14.3 Å². The number of amides is 2. The molecule has 1 unspecified atom stereocenters. The highest BCUT2D eigenvalue weighted by Crippen LogP contribution is 2.25. The number of nitrogens with one attached hydrogen (secondary N) is 2. The van der Waals surface area contributed by atoms with Crippen molar-refractivity contribution in [3.63, 3.8) is 0 Å². The number of hydrogen-bond donors (Lipinski definition) is 2. The van der Waals surface area contributed by atoms with E-state index in [2.05, 4.69) is 10.6 Å². The maximum atomic E-state index is 12.3. The second-order valence-electron chi connectivity index (χ2n) is 5.10. The molecule has 0 radical (unpaired) electrons. The third-order valence-corrected chi connectivity index (χ3v) is 3.45. The van der Waals surface area contributed by atoms with Gasteiger partial charge in [0.1, 0.15) is 6.04 Å². The van der Waals surface area contributed by atoms with Crippen LogP contribution in [0.1, 0.15) is 5.56 Å². The van der Waals surface area contributed by atoms with E-state index in [1.54, 1.807) is 14.2 Å². The topological polar surface area (TPSA) is 70.7 Å². The Kier molecular flexibility index (Phi) is 5.16. The zero-order valence-corrected chi connectivity index (χ0v) is 12.4. The molecule has 2 amide bonds. The smallest absolute Gasteiger partial charge is 0.245 e. The van der Waals surface area contributed by atoms with Gasteiger partial charge in [0.25, 0.3) is 0 Å². The molecule has 0 spiro atoms. The Morgan fingerprint density at radius 1 is 1.43 bits per heavy atom. The first-order chi connectivity index (χ1) is 10.1. The van der Waals surface area contributed by atoms with Gasteiger partial charge in [-0.1, -0.05) is 18.2 Å². The molecule has 1 heterocycles.